The molecule has 0 bridgehead atoms. The van der Waals surface area contributed by atoms with Gasteiger partial charge in [0.25, 0.3) is 0 Å². The molecule has 0 aliphatic carbocycles. The number of nitrogens with zero attached hydrogens (tertiary/aromatic N) is 3. The first-order chi connectivity index (χ1) is 18.5. The van der Waals surface area contributed by atoms with Crippen LogP contribution in [0.2, 0.25) is 0 Å². The van der Waals surface area contributed by atoms with Gasteiger partial charge in [-0.05, 0) is 36.4 Å². The Morgan fingerprint density at radius 1 is 1.05 bits per heavy atom. The van der Waals surface area contributed by atoms with Crippen molar-refractivity contribution in [3.05, 3.63) is 118 Å². The van der Waals surface area contributed by atoms with Crippen molar-refractivity contribution in [2.24, 2.45) is 4.99 Å². The number of fused-ring (bicyclic) bond motifs is 1. The maximum absolute atomic E-state index is 13.5. The van der Waals surface area contributed by atoms with E-state index >= 15 is 0 Å². The van der Waals surface area contributed by atoms with Gasteiger partial charge in [0.15, 0.2) is 5.17 Å². The maximum Gasteiger partial charge on any atom is 0.338 e. The SMILES string of the molecule is CCOC(=O)C1=C(c2ccccc2)N=C2SC=C(CC(=O)NCc3cccnc3)N2C1c1ccc(C)cc1. The van der Waals surface area contributed by atoms with E-state index in [4.69, 9.17) is 9.73 Å². The number of benzene rings is 2. The zero-order valence-corrected chi connectivity index (χ0v) is 22.1. The average molecular weight is 525 g/mol. The number of rotatable bonds is 8. The van der Waals surface area contributed by atoms with Crippen LogP contribution in [0, 0.1) is 6.92 Å². The first-order valence-electron chi connectivity index (χ1n) is 12.5. The molecule has 1 unspecified atom stereocenters. The van der Waals surface area contributed by atoms with Crippen molar-refractivity contribution in [3.8, 4) is 0 Å². The van der Waals surface area contributed by atoms with Crippen molar-refractivity contribution >= 4 is 34.5 Å². The van der Waals surface area contributed by atoms with Crippen molar-refractivity contribution in [1.82, 2.24) is 15.2 Å². The van der Waals surface area contributed by atoms with Crippen LogP contribution in [0.1, 0.15) is 41.6 Å². The summed E-state index contributed by atoms with van der Waals surface area (Å²) in [4.78, 5) is 37.5. The molecule has 38 heavy (non-hydrogen) atoms. The topological polar surface area (TPSA) is 83.9 Å². The number of ether oxygens (including phenoxy) is 1. The number of amides is 1. The molecule has 0 radical (unpaired) electrons. The third-order valence-corrected chi connectivity index (χ3v) is 7.19. The second kappa shape index (κ2) is 11.5. The Bertz CT molecular complexity index is 1420. The van der Waals surface area contributed by atoms with Gasteiger partial charge in [0.2, 0.25) is 5.91 Å². The minimum absolute atomic E-state index is 0.125. The van der Waals surface area contributed by atoms with E-state index in [-0.39, 0.29) is 18.9 Å². The number of thioether (sulfide) groups is 1. The molecule has 7 nitrogen and oxygen atoms in total. The first-order valence-corrected chi connectivity index (χ1v) is 13.4. The van der Waals surface area contributed by atoms with Gasteiger partial charge in [0, 0.05) is 30.2 Å². The third kappa shape index (κ3) is 5.40. The zero-order valence-electron chi connectivity index (χ0n) is 21.3. The molecule has 8 heteroatoms. The summed E-state index contributed by atoms with van der Waals surface area (Å²) in [5.41, 5.74) is 5.61. The highest BCUT2D eigenvalue weighted by molar-refractivity contribution is 8.16. The molecule has 2 aromatic carbocycles. The smallest absolute Gasteiger partial charge is 0.338 e. The summed E-state index contributed by atoms with van der Waals surface area (Å²) in [7, 11) is 0. The average Bonchev–Trinajstić information content (AvgIpc) is 3.34. The van der Waals surface area contributed by atoms with Crippen LogP contribution in [-0.2, 0) is 20.9 Å². The molecule has 0 spiro atoms. The molecule has 1 atom stereocenters. The number of nitrogens with one attached hydrogen (secondary N) is 1. The van der Waals surface area contributed by atoms with Crippen molar-refractivity contribution in [2.45, 2.75) is 32.9 Å². The lowest BCUT2D eigenvalue weighted by Gasteiger charge is -2.36. The van der Waals surface area contributed by atoms with E-state index in [1.165, 1.54) is 11.8 Å². The van der Waals surface area contributed by atoms with Crippen LogP contribution in [0.25, 0.3) is 5.70 Å². The van der Waals surface area contributed by atoms with E-state index in [1.807, 2.05) is 84.0 Å². The molecular weight excluding hydrogens is 496 g/mol. The van der Waals surface area contributed by atoms with Crippen LogP contribution in [-0.4, -0.2) is 33.5 Å². The number of aliphatic imine (C=N–C) groups is 1. The predicted octanol–water partition coefficient (Wildman–Crippen LogP) is 5.37. The minimum Gasteiger partial charge on any atom is -0.463 e. The van der Waals surface area contributed by atoms with Crippen molar-refractivity contribution in [3.63, 3.8) is 0 Å². The van der Waals surface area contributed by atoms with Crippen LogP contribution < -0.4 is 5.32 Å². The van der Waals surface area contributed by atoms with Gasteiger partial charge in [-0.2, -0.15) is 0 Å². The standard InChI is InChI=1S/C30H28N4O3S/c1-3-37-29(36)26-27(22-9-5-4-6-10-22)33-30-34(28(26)23-13-11-20(2)12-14-23)24(19-38-30)16-25(35)32-18-21-8-7-15-31-17-21/h4-15,17,19,28H,3,16,18H2,1-2H3,(H,32,35). The Morgan fingerprint density at radius 2 is 1.84 bits per heavy atom. The summed E-state index contributed by atoms with van der Waals surface area (Å²) in [6.45, 7) is 4.46. The molecule has 3 aromatic rings. The summed E-state index contributed by atoms with van der Waals surface area (Å²) in [6, 6.07) is 21.0. The van der Waals surface area contributed by atoms with E-state index in [2.05, 4.69) is 10.3 Å². The van der Waals surface area contributed by atoms with Gasteiger partial charge in [0.1, 0.15) is 0 Å². The number of carbonyl (C=O) groups excluding carboxylic acids is 2. The zero-order chi connectivity index (χ0) is 26.5. The number of pyridine rings is 1. The van der Waals surface area contributed by atoms with Gasteiger partial charge in [-0.1, -0.05) is 78.0 Å². The number of amidine groups is 1. The number of hydrogen-bond donors (Lipinski definition) is 1. The summed E-state index contributed by atoms with van der Waals surface area (Å²) < 4.78 is 5.56. The fourth-order valence-electron chi connectivity index (χ4n) is 4.48. The molecule has 1 aromatic heterocycles. The molecule has 0 saturated carbocycles. The van der Waals surface area contributed by atoms with Gasteiger partial charge in [-0.3, -0.25) is 9.78 Å². The Hall–Kier alpha value is -4.17. The fraction of sp³-hybridized carbons (Fsp3) is 0.200. The molecule has 3 heterocycles. The monoisotopic (exact) mass is 524 g/mol. The van der Waals surface area contributed by atoms with Gasteiger partial charge in [-0.25, -0.2) is 9.79 Å². The Labute approximate surface area is 226 Å². The fourth-order valence-corrected chi connectivity index (χ4v) is 5.40. The predicted molar refractivity (Wildman–Crippen MR) is 150 cm³/mol. The van der Waals surface area contributed by atoms with E-state index < -0.39 is 12.0 Å². The molecule has 1 N–H and O–H groups in total. The van der Waals surface area contributed by atoms with Gasteiger partial charge >= 0.3 is 5.97 Å². The summed E-state index contributed by atoms with van der Waals surface area (Å²) in [6.07, 6.45) is 3.58. The van der Waals surface area contributed by atoms with Crippen molar-refractivity contribution in [2.75, 3.05) is 6.61 Å². The molecular formula is C30H28N4O3S. The first kappa shape index (κ1) is 25.5. The lowest BCUT2D eigenvalue weighted by molar-refractivity contribution is -0.139. The van der Waals surface area contributed by atoms with Gasteiger partial charge in [0.05, 0.1) is 30.3 Å². The largest absolute Gasteiger partial charge is 0.463 e. The minimum atomic E-state index is -0.496. The van der Waals surface area contributed by atoms with Crippen LogP contribution in [0.4, 0.5) is 0 Å². The summed E-state index contributed by atoms with van der Waals surface area (Å²) in [5, 5.41) is 5.64. The maximum atomic E-state index is 13.5. The van der Waals surface area contributed by atoms with Crippen LogP contribution in [0.5, 0.6) is 0 Å². The molecule has 192 valence electrons. The number of esters is 1. The third-order valence-electron chi connectivity index (χ3n) is 6.30. The Morgan fingerprint density at radius 3 is 2.55 bits per heavy atom. The normalized spacial score (nSPS) is 16.5. The van der Waals surface area contributed by atoms with E-state index in [9.17, 15) is 9.59 Å². The lowest BCUT2D eigenvalue weighted by atomic mass is 9.91. The van der Waals surface area contributed by atoms with Crippen molar-refractivity contribution < 1.29 is 14.3 Å². The lowest BCUT2D eigenvalue weighted by Crippen LogP contribution is -2.38. The second-order valence-corrected chi connectivity index (χ2v) is 9.80. The van der Waals surface area contributed by atoms with Crippen molar-refractivity contribution in [1.29, 1.82) is 0 Å². The molecule has 1 amide bonds. The Kier molecular flexibility index (Phi) is 7.70. The Balaban J connectivity index is 1.52. The van der Waals surface area contributed by atoms with Gasteiger partial charge in [-0.15, -0.1) is 0 Å². The highest BCUT2D eigenvalue weighted by Gasteiger charge is 2.42. The number of aryl methyl sites for hydroxylation is 1. The second-order valence-electron chi connectivity index (χ2n) is 8.97. The number of carbonyl (C=O) groups is 2. The van der Waals surface area contributed by atoms with E-state index in [0.717, 1.165) is 33.1 Å². The highest BCUT2D eigenvalue weighted by Crippen LogP contribution is 2.47. The van der Waals surface area contributed by atoms with Crippen LogP contribution in [0.15, 0.2) is 101 Å². The molecule has 2 aliphatic heterocycles. The summed E-state index contributed by atoms with van der Waals surface area (Å²) in [5.74, 6) is -0.544. The summed E-state index contributed by atoms with van der Waals surface area (Å²) >= 11 is 1.46. The van der Waals surface area contributed by atoms with Crippen LogP contribution >= 0.6 is 11.8 Å². The quantitative estimate of drug-likeness (QED) is 0.399. The molecule has 5 rings (SSSR count). The van der Waals surface area contributed by atoms with Gasteiger partial charge < -0.3 is 15.0 Å². The highest BCUT2D eigenvalue weighted by atomic mass is 32.2. The number of aromatic nitrogens is 1. The molecule has 2 aliphatic rings. The van der Waals surface area contributed by atoms with Crippen LogP contribution in [0.3, 0.4) is 0 Å². The molecule has 0 fully saturated rings. The number of hydrogen-bond acceptors (Lipinski definition) is 7. The van der Waals surface area contributed by atoms with E-state index in [0.29, 0.717) is 17.8 Å². The molecule has 0 saturated heterocycles. The van der Waals surface area contributed by atoms with E-state index in [1.54, 1.807) is 19.3 Å².